The molecular formula is C57H48N2O2S. The molecule has 0 fully saturated rings. The van der Waals surface area contributed by atoms with E-state index in [0.717, 1.165) is 72.4 Å². The van der Waals surface area contributed by atoms with Crippen LogP contribution in [0.1, 0.15) is 58.4 Å². The molecule has 0 aliphatic rings. The van der Waals surface area contributed by atoms with E-state index in [4.69, 9.17) is 14.4 Å². The fraction of sp³-hybridized carbons (Fsp3) is 0.158. The number of aromatic hydroxyl groups is 1. The number of hydrogen-bond acceptors (Lipinski definition) is 5. The molecule has 0 radical (unpaired) electrons. The molecule has 1 N–H and O–H groups in total. The highest BCUT2D eigenvalue weighted by molar-refractivity contribution is 7.23. The van der Waals surface area contributed by atoms with E-state index >= 15 is 0 Å². The van der Waals surface area contributed by atoms with E-state index in [1.54, 1.807) is 6.07 Å². The first-order valence-electron chi connectivity index (χ1n) is 21.3. The Kier molecular flexibility index (Phi) is 9.49. The van der Waals surface area contributed by atoms with Gasteiger partial charge in [-0.25, -0.2) is 4.98 Å². The molecule has 10 aromatic rings. The molecule has 0 unspecified atom stereocenters. The zero-order valence-electron chi connectivity index (χ0n) is 36.2. The molecule has 0 spiro atoms. The first-order chi connectivity index (χ1) is 29.8. The van der Waals surface area contributed by atoms with Gasteiger partial charge in [-0.1, -0.05) is 133 Å². The van der Waals surface area contributed by atoms with Crippen LogP contribution >= 0.6 is 11.3 Å². The fourth-order valence-corrected chi connectivity index (χ4v) is 9.75. The van der Waals surface area contributed by atoms with Gasteiger partial charge in [0.1, 0.15) is 16.9 Å². The number of furan rings is 1. The lowest BCUT2D eigenvalue weighted by Gasteiger charge is -2.26. The number of fused-ring (bicyclic) bond motifs is 4. The molecule has 0 bridgehead atoms. The van der Waals surface area contributed by atoms with E-state index in [2.05, 4.69) is 170 Å². The highest BCUT2D eigenvalue weighted by Gasteiger charge is 2.23. The van der Waals surface area contributed by atoms with Crippen LogP contribution in [0.15, 0.2) is 162 Å². The third-order valence-corrected chi connectivity index (χ3v) is 13.2. The summed E-state index contributed by atoms with van der Waals surface area (Å²) < 4.78 is 7.61. The minimum atomic E-state index is -0.0425. The van der Waals surface area contributed by atoms with Gasteiger partial charge in [0, 0.05) is 53.7 Å². The van der Waals surface area contributed by atoms with Crippen molar-refractivity contribution in [3.8, 4) is 72.2 Å². The maximum Gasteiger partial charge on any atom is 0.136 e. The number of thiophene rings is 1. The summed E-state index contributed by atoms with van der Waals surface area (Å²) in [7, 11) is 0. The molecule has 5 heteroatoms. The van der Waals surface area contributed by atoms with Crippen molar-refractivity contribution in [2.75, 3.05) is 0 Å². The van der Waals surface area contributed by atoms with Gasteiger partial charge in [0.2, 0.25) is 0 Å². The van der Waals surface area contributed by atoms with Gasteiger partial charge in [0.15, 0.2) is 0 Å². The molecule has 4 nitrogen and oxygen atoms in total. The van der Waals surface area contributed by atoms with E-state index in [1.807, 2.05) is 41.7 Å². The Labute approximate surface area is 367 Å². The van der Waals surface area contributed by atoms with Crippen LogP contribution < -0.4 is 0 Å². The zero-order valence-corrected chi connectivity index (χ0v) is 37.0. The lowest BCUT2D eigenvalue weighted by atomic mass is 9.79. The van der Waals surface area contributed by atoms with Crippen molar-refractivity contribution in [3.63, 3.8) is 0 Å². The zero-order chi connectivity index (χ0) is 42.9. The van der Waals surface area contributed by atoms with Gasteiger partial charge in [-0.3, -0.25) is 4.98 Å². The Balaban J connectivity index is 1.11. The first kappa shape index (κ1) is 39.3. The highest BCUT2D eigenvalue weighted by atomic mass is 32.1. The molecule has 4 aromatic heterocycles. The van der Waals surface area contributed by atoms with Gasteiger partial charge in [-0.15, -0.1) is 11.3 Å². The smallest absolute Gasteiger partial charge is 0.136 e. The number of hydrogen-bond donors (Lipinski definition) is 1. The Bertz CT molecular complexity index is 3320. The number of para-hydroxylation sites is 2. The Hall–Kier alpha value is -6.82. The summed E-state index contributed by atoms with van der Waals surface area (Å²) in [6.07, 6.45) is 0. The van der Waals surface area contributed by atoms with E-state index in [0.29, 0.717) is 11.3 Å². The standard InChI is InChI=1S/C57H48N2O2S/c1-34-25-40(55-54(46-19-10-13-22-53(46)62-55)37-23-24-44-43-17-9-12-21-51(43)61-52(44)32-37)31-47(58-34)35-15-14-16-36(26-35)48-29-39(30-49(59-48)45-18-8-11-20-50(45)60)38-27-41(56(2,3)4)33-42(28-38)57(5,6)7/h8-33,60H,1-7H3. The second kappa shape index (κ2) is 15.0. The van der Waals surface area contributed by atoms with Crippen LogP contribution in [0.5, 0.6) is 5.75 Å². The van der Waals surface area contributed by atoms with E-state index in [-0.39, 0.29) is 16.6 Å². The summed E-state index contributed by atoms with van der Waals surface area (Å²) in [6, 6.07) is 55.2. The average Bonchev–Trinajstić information content (AvgIpc) is 3.84. The van der Waals surface area contributed by atoms with Crippen molar-refractivity contribution in [2.45, 2.75) is 59.3 Å². The normalized spacial score (nSPS) is 12.2. The Morgan fingerprint density at radius 1 is 0.468 bits per heavy atom. The van der Waals surface area contributed by atoms with E-state index in [1.165, 1.54) is 31.7 Å². The molecule has 0 atom stereocenters. The molecule has 0 aliphatic heterocycles. The largest absolute Gasteiger partial charge is 0.507 e. The van der Waals surface area contributed by atoms with Crippen molar-refractivity contribution in [1.82, 2.24) is 9.97 Å². The molecular weight excluding hydrogens is 777 g/mol. The highest BCUT2D eigenvalue weighted by Crippen LogP contribution is 2.47. The number of rotatable bonds is 6. The Morgan fingerprint density at radius 3 is 1.82 bits per heavy atom. The second-order valence-corrected chi connectivity index (χ2v) is 19.6. The molecule has 0 aliphatic carbocycles. The van der Waals surface area contributed by atoms with Crippen LogP contribution in [0.4, 0.5) is 0 Å². The number of aryl methyl sites for hydroxylation is 1. The number of pyridine rings is 2. The molecule has 0 saturated carbocycles. The summed E-state index contributed by atoms with van der Waals surface area (Å²) in [5, 5.41) is 14.6. The predicted molar refractivity (Wildman–Crippen MR) is 261 cm³/mol. The number of nitrogens with zero attached hydrogens (tertiary/aromatic N) is 2. The van der Waals surface area contributed by atoms with Crippen molar-refractivity contribution in [2.24, 2.45) is 0 Å². The maximum absolute atomic E-state index is 11.1. The SMILES string of the molecule is Cc1cc(-c2sc3ccccc3c2-c2ccc3c(c2)oc2ccccc23)cc(-c2cccc(-c3cc(-c4cc(C(C)(C)C)cc(C(C)(C)C)c4)cc(-c4ccccc4O)n3)c2)n1. The van der Waals surface area contributed by atoms with Crippen LogP contribution in [0, 0.1) is 6.92 Å². The third kappa shape index (κ3) is 7.26. The quantitative estimate of drug-likeness (QED) is 0.181. The second-order valence-electron chi connectivity index (χ2n) is 18.5. The van der Waals surface area contributed by atoms with Gasteiger partial charge >= 0.3 is 0 Å². The molecule has 304 valence electrons. The summed E-state index contributed by atoms with van der Waals surface area (Å²) in [5.74, 6) is 0.199. The van der Waals surface area contributed by atoms with Crippen molar-refractivity contribution < 1.29 is 9.52 Å². The van der Waals surface area contributed by atoms with Gasteiger partial charge in [-0.05, 0) is 118 Å². The van der Waals surface area contributed by atoms with E-state index < -0.39 is 0 Å². The summed E-state index contributed by atoms with van der Waals surface area (Å²) >= 11 is 1.81. The summed E-state index contributed by atoms with van der Waals surface area (Å²) in [5.41, 5.74) is 15.9. The van der Waals surface area contributed by atoms with Crippen LogP contribution in [0.3, 0.4) is 0 Å². The summed E-state index contributed by atoms with van der Waals surface area (Å²) in [4.78, 5) is 11.6. The van der Waals surface area contributed by atoms with Gasteiger partial charge < -0.3 is 9.52 Å². The first-order valence-corrected chi connectivity index (χ1v) is 22.1. The van der Waals surface area contributed by atoms with Crippen molar-refractivity contribution in [1.29, 1.82) is 0 Å². The van der Waals surface area contributed by atoms with Gasteiger partial charge in [0.05, 0.1) is 17.1 Å². The average molecular weight is 825 g/mol. The molecule has 0 saturated heterocycles. The lowest BCUT2D eigenvalue weighted by Crippen LogP contribution is -2.16. The number of benzene rings is 6. The number of phenols is 1. The lowest BCUT2D eigenvalue weighted by molar-refractivity contribution is 0.477. The van der Waals surface area contributed by atoms with Crippen LogP contribution in [-0.2, 0) is 10.8 Å². The number of phenolic OH excluding ortho intramolecular Hbond substituents is 1. The van der Waals surface area contributed by atoms with Gasteiger partial charge in [-0.2, -0.15) is 0 Å². The minimum absolute atomic E-state index is 0.0425. The van der Waals surface area contributed by atoms with Crippen LogP contribution in [0.25, 0.3) is 98.5 Å². The summed E-state index contributed by atoms with van der Waals surface area (Å²) in [6.45, 7) is 15.7. The molecule has 10 rings (SSSR count). The Morgan fingerprint density at radius 2 is 1.08 bits per heavy atom. The fourth-order valence-electron chi connectivity index (χ4n) is 8.54. The monoisotopic (exact) mass is 824 g/mol. The minimum Gasteiger partial charge on any atom is -0.507 e. The molecule has 62 heavy (non-hydrogen) atoms. The molecule has 0 amide bonds. The van der Waals surface area contributed by atoms with Crippen LogP contribution in [-0.4, -0.2) is 15.1 Å². The third-order valence-electron chi connectivity index (χ3n) is 11.9. The predicted octanol–water partition coefficient (Wildman–Crippen LogP) is 16.2. The van der Waals surface area contributed by atoms with Gasteiger partial charge in [0.25, 0.3) is 0 Å². The van der Waals surface area contributed by atoms with Crippen LogP contribution in [0.2, 0.25) is 0 Å². The van der Waals surface area contributed by atoms with E-state index in [9.17, 15) is 5.11 Å². The van der Waals surface area contributed by atoms with Crippen molar-refractivity contribution >= 4 is 43.4 Å². The molecule has 4 heterocycles. The maximum atomic E-state index is 11.1. The number of aromatic nitrogens is 2. The van der Waals surface area contributed by atoms with Crippen molar-refractivity contribution in [3.05, 3.63) is 175 Å². The topological polar surface area (TPSA) is 59.2 Å². The molecule has 6 aromatic carbocycles.